The molecule has 0 spiro atoms. The molecule has 0 bridgehead atoms. The summed E-state index contributed by atoms with van der Waals surface area (Å²) < 4.78 is 5.14. The average molecular weight is 343 g/mol. The summed E-state index contributed by atoms with van der Waals surface area (Å²) in [6.07, 6.45) is 3.22. The highest BCUT2D eigenvalue weighted by atomic mass is 35.5. The lowest BCUT2D eigenvalue weighted by Gasteiger charge is -2.21. The number of amides is 1. The highest BCUT2D eigenvalue weighted by molar-refractivity contribution is 5.85. The Kier molecular flexibility index (Phi) is 10.7. The molecule has 2 N–H and O–H groups in total. The third kappa shape index (κ3) is 8.24. The van der Waals surface area contributed by atoms with E-state index in [0.717, 1.165) is 31.6 Å². The van der Waals surface area contributed by atoms with Gasteiger partial charge in [-0.05, 0) is 42.9 Å². The number of carbonyl (C=O) groups excluding carboxylic acids is 1. The van der Waals surface area contributed by atoms with Crippen molar-refractivity contribution in [2.24, 2.45) is 11.7 Å². The molecule has 0 radical (unpaired) electrons. The van der Waals surface area contributed by atoms with Crippen molar-refractivity contribution in [3.63, 3.8) is 0 Å². The second-order valence-electron chi connectivity index (χ2n) is 6.21. The van der Waals surface area contributed by atoms with Crippen molar-refractivity contribution in [3.05, 3.63) is 29.8 Å². The molecule has 0 fully saturated rings. The molecule has 0 aromatic heterocycles. The predicted molar refractivity (Wildman–Crippen MR) is 98.2 cm³/mol. The smallest absolute Gasteiger partial charge is 0.222 e. The van der Waals surface area contributed by atoms with Crippen LogP contribution in [0.1, 0.15) is 38.7 Å². The van der Waals surface area contributed by atoms with Gasteiger partial charge in [-0.1, -0.05) is 26.0 Å². The summed E-state index contributed by atoms with van der Waals surface area (Å²) in [5, 5.41) is 0. The molecule has 1 rings (SSSR count). The number of nitrogens with zero attached hydrogens (tertiary/aromatic N) is 1. The first kappa shape index (κ1) is 21.7. The fraction of sp³-hybridized carbons (Fsp3) is 0.611. The third-order valence-electron chi connectivity index (χ3n) is 4.10. The van der Waals surface area contributed by atoms with Gasteiger partial charge in [0.1, 0.15) is 5.75 Å². The standard InChI is InChI=1S/C18H30N2O2.ClH/c1-14(2)17(19)12-13-20(3)18(21)7-5-6-15-8-10-16(22-4)11-9-15;/h8-11,14,17H,5-7,12-13,19H2,1-4H3;1H. The van der Waals surface area contributed by atoms with Crippen LogP contribution < -0.4 is 10.5 Å². The predicted octanol–water partition coefficient (Wildman–Crippen LogP) is 3.27. The Balaban J connectivity index is 0.00000484. The Bertz CT molecular complexity index is 449. The van der Waals surface area contributed by atoms with Crippen molar-refractivity contribution < 1.29 is 9.53 Å². The second kappa shape index (κ2) is 11.3. The normalized spacial score (nSPS) is 11.7. The number of rotatable bonds is 9. The molecule has 0 heterocycles. The molecule has 1 unspecified atom stereocenters. The maximum Gasteiger partial charge on any atom is 0.222 e. The zero-order valence-corrected chi connectivity index (χ0v) is 15.6. The molecule has 0 aliphatic rings. The van der Waals surface area contributed by atoms with Crippen LogP contribution in [0.5, 0.6) is 5.75 Å². The molecule has 5 heteroatoms. The Morgan fingerprint density at radius 1 is 1.26 bits per heavy atom. The van der Waals surface area contributed by atoms with Gasteiger partial charge in [0.25, 0.3) is 0 Å². The van der Waals surface area contributed by atoms with Crippen LogP contribution in [-0.4, -0.2) is 37.6 Å². The van der Waals surface area contributed by atoms with Gasteiger partial charge in [-0.3, -0.25) is 4.79 Å². The van der Waals surface area contributed by atoms with Crippen LogP contribution in [0.15, 0.2) is 24.3 Å². The minimum absolute atomic E-state index is 0. The van der Waals surface area contributed by atoms with Crippen LogP contribution in [0.2, 0.25) is 0 Å². The molecular formula is C18H31ClN2O2. The van der Waals surface area contributed by atoms with Gasteiger partial charge in [0, 0.05) is 26.1 Å². The molecule has 1 atom stereocenters. The van der Waals surface area contributed by atoms with Gasteiger partial charge in [-0.25, -0.2) is 0 Å². The fourth-order valence-corrected chi connectivity index (χ4v) is 2.23. The molecule has 0 aliphatic heterocycles. The number of nitrogens with two attached hydrogens (primary N) is 1. The van der Waals surface area contributed by atoms with E-state index in [2.05, 4.69) is 26.0 Å². The van der Waals surface area contributed by atoms with Gasteiger partial charge in [0.2, 0.25) is 5.91 Å². The number of halogens is 1. The molecule has 1 aromatic carbocycles. The molecule has 1 amide bonds. The third-order valence-corrected chi connectivity index (χ3v) is 4.10. The van der Waals surface area contributed by atoms with E-state index in [-0.39, 0.29) is 24.4 Å². The monoisotopic (exact) mass is 342 g/mol. The first-order chi connectivity index (χ1) is 10.4. The Morgan fingerprint density at radius 3 is 2.39 bits per heavy atom. The number of benzene rings is 1. The number of aryl methyl sites for hydroxylation is 1. The van der Waals surface area contributed by atoms with Gasteiger partial charge in [-0.2, -0.15) is 0 Å². The lowest BCUT2D eigenvalue weighted by Crippen LogP contribution is -2.34. The Labute approximate surface area is 146 Å². The number of methoxy groups -OCH3 is 1. The van der Waals surface area contributed by atoms with Crippen molar-refractivity contribution in [1.29, 1.82) is 0 Å². The lowest BCUT2D eigenvalue weighted by atomic mass is 10.0. The molecule has 4 nitrogen and oxygen atoms in total. The van der Waals surface area contributed by atoms with Crippen LogP contribution in [0.25, 0.3) is 0 Å². The first-order valence-corrected chi connectivity index (χ1v) is 8.06. The maximum absolute atomic E-state index is 12.1. The first-order valence-electron chi connectivity index (χ1n) is 8.06. The van der Waals surface area contributed by atoms with E-state index in [1.807, 2.05) is 19.2 Å². The van der Waals surface area contributed by atoms with Crippen LogP contribution in [0.3, 0.4) is 0 Å². The average Bonchev–Trinajstić information content (AvgIpc) is 2.52. The van der Waals surface area contributed by atoms with E-state index in [1.165, 1.54) is 5.56 Å². The quantitative estimate of drug-likeness (QED) is 0.749. The lowest BCUT2D eigenvalue weighted by molar-refractivity contribution is -0.130. The number of hydrogen-bond acceptors (Lipinski definition) is 3. The van der Waals surface area contributed by atoms with Crippen molar-refractivity contribution in [2.75, 3.05) is 20.7 Å². The van der Waals surface area contributed by atoms with Crippen LogP contribution in [0, 0.1) is 5.92 Å². The van der Waals surface area contributed by atoms with E-state index >= 15 is 0 Å². The van der Waals surface area contributed by atoms with Crippen molar-refractivity contribution in [3.8, 4) is 5.75 Å². The topological polar surface area (TPSA) is 55.6 Å². The van der Waals surface area contributed by atoms with Gasteiger partial charge in [0.15, 0.2) is 0 Å². The van der Waals surface area contributed by atoms with Gasteiger partial charge >= 0.3 is 0 Å². The highest BCUT2D eigenvalue weighted by Crippen LogP contribution is 2.13. The van der Waals surface area contributed by atoms with E-state index in [1.54, 1.807) is 12.0 Å². The highest BCUT2D eigenvalue weighted by Gasteiger charge is 2.12. The van der Waals surface area contributed by atoms with Crippen molar-refractivity contribution in [2.45, 2.75) is 45.6 Å². The van der Waals surface area contributed by atoms with E-state index < -0.39 is 0 Å². The summed E-state index contributed by atoms with van der Waals surface area (Å²) in [7, 11) is 3.53. The largest absolute Gasteiger partial charge is 0.497 e. The number of hydrogen-bond donors (Lipinski definition) is 1. The molecule has 0 aliphatic carbocycles. The van der Waals surface area contributed by atoms with Crippen LogP contribution in [-0.2, 0) is 11.2 Å². The minimum Gasteiger partial charge on any atom is -0.497 e. The summed E-state index contributed by atoms with van der Waals surface area (Å²) >= 11 is 0. The molecule has 132 valence electrons. The fourth-order valence-electron chi connectivity index (χ4n) is 2.23. The summed E-state index contributed by atoms with van der Waals surface area (Å²) in [6.45, 7) is 4.96. The van der Waals surface area contributed by atoms with E-state index in [0.29, 0.717) is 12.3 Å². The molecule has 0 saturated carbocycles. The van der Waals surface area contributed by atoms with E-state index in [9.17, 15) is 4.79 Å². The van der Waals surface area contributed by atoms with Crippen LogP contribution >= 0.6 is 12.4 Å². The summed E-state index contributed by atoms with van der Waals surface area (Å²) in [6, 6.07) is 8.17. The van der Waals surface area contributed by atoms with Gasteiger partial charge < -0.3 is 15.4 Å². The number of carbonyl (C=O) groups is 1. The van der Waals surface area contributed by atoms with Crippen molar-refractivity contribution >= 4 is 18.3 Å². The van der Waals surface area contributed by atoms with Gasteiger partial charge in [0.05, 0.1) is 7.11 Å². The van der Waals surface area contributed by atoms with Gasteiger partial charge in [-0.15, -0.1) is 12.4 Å². The zero-order chi connectivity index (χ0) is 16.5. The summed E-state index contributed by atoms with van der Waals surface area (Å²) in [5.74, 6) is 1.52. The summed E-state index contributed by atoms with van der Waals surface area (Å²) in [4.78, 5) is 13.9. The molecular weight excluding hydrogens is 312 g/mol. The Hall–Kier alpha value is -1.26. The summed E-state index contributed by atoms with van der Waals surface area (Å²) in [5.41, 5.74) is 7.25. The minimum atomic E-state index is 0. The molecule has 0 saturated heterocycles. The van der Waals surface area contributed by atoms with Crippen molar-refractivity contribution in [1.82, 2.24) is 4.90 Å². The second-order valence-corrected chi connectivity index (χ2v) is 6.21. The number of ether oxygens (including phenoxy) is 1. The SMILES string of the molecule is COc1ccc(CCCC(=O)N(C)CCC(N)C(C)C)cc1.Cl. The zero-order valence-electron chi connectivity index (χ0n) is 14.7. The Morgan fingerprint density at radius 2 is 1.87 bits per heavy atom. The molecule has 1 aromatic rings. The van der Waals surface area contributed by atoms with Crippen LogP contribution in [0.4, 0.5) is 0 Å². The van der Waals surface area contributed by atoms with E-state index in [4.69, 9.17) is 10.5 Å². The molecule has 23 heavy (non-hydrogen) atoms. The maximum atomic E-state index is 12.1.